The van der Waals surface area contributed by atoms with Crippen molar-refractivity contribution in [3.8, 4) is 5.75 Å². The van der Waals surface area contributed by atoms with Crippen LogP contribution in [0.3, 0.4) is 0 Å². The molecule has 116 valence electrons. The summed E-state index contributed by atoms with van der Waals surface area (Å²) in [6.45, 7) is 5.06. The average Bonchev–Trinajstić information content (AvgIpc) is 2.44. The molecule has 1 unspecified atom stereocenters. The van der Waals surface area contributed by atoms with Gasteiger partial charge in [0.2, 0.25) is 5.91 Å². The van der Waals surface area contributed by atoms with E-state index in [1.807, 2.05) is 31.2 Å². The molecule has 1 amide bonds. The van der Waals surface area contributed by atoms with Gasteiger partial charge in [-0.15, -0.1) is 0 Å². The number of carboxylic acids is 1. The fourth-order valence-corrected chi connectivity index (χ4v) is 1.98. The number of carboxylic acid groups (broad SMARTS) is 1. The standard InChI is InChI=1S/C16H23NO4/c1-5-13(11-6-8-12(21-4)9-7-11)17-14(18)10-16(2,3)15(19)20/h6-9,13H,5,10H2,1-4H3,(H,17,18)(H,19,20). The zero-order valence-corrected chi connectivity index (χ0v) is 13.0. The molecule has 0 radical (unpaired) electrons. The molecule has 5 heteroatoms. The number of methoxy groups -OCH3 is 1. The quantitative estimate of drug-likeness (QED) is 0.810. The molecule has 0 aliphatic carbocycles. The van der Waals surface area contributed by atoms with Gasteiger partial charge in [0.15, 0.2) is 0 Å². The van der Waals surface area contributed by atoms with Crippen LogP contribution in [-0.2, 0) is 9.59 Å². The van der Waals surface area contributed by atoms with Gasteiger partial charge < -0.3 is 15.2 Å². The summed E-state index contributed by atoms with van der Waals surface area (Å²) >= 11 is 0. The van der Waals surface area contributed by atoms with Crippen LogP contribution in [0.4, 0.5) is 0 Å². The Morgan fingerprint density at radius 1 is 1.29 bits per heavy atom. The summed E-state index contributed by atoms with van der Waals surface area (Å²) in [7, 11) is 1.60. The minimum atomic E-state index is -1.07. The molecule has 0 spiro atoms. The Bertz CT molecular complexity index is 494. The van der Waals surface area contributed by atoms with E-state index in [9.17, 15) is 9.59 Å². The maximum absolute atomic E-state index is 12.0. The zero-order chi connectivity index (χ0) is 16.0. The van der Waals surface area contributed by atoms with E-state index in [0.29, 0.717) is 0 Å². The lowest BCUT2D eigenvalue weighted by atomic mass is 9.89. The van der Waals surface area contributed by atoms with E-state index < -0.39 is 11.4 Å². The van der Waals surface area contributed by atoms with Gasteiger partial charge in [0.1, 0.15) is 5.75 Å². The third-order valence-electron chi connectivity index (χ3n) is 3.44. The third-order valence-corrected chi connectivity index (χ3v) is 3.44. The summed E-state index contributed by atoms with van der Waals surface area (Å²) in [5.41, 5.74) is -0.0952. The highest BCUT2D eigenvalue weighted by Crippen LogP contribution is 2.23. The predicted molar refractivity (Wildman–Crippen MR) is 80.2 cm³/mol. The number of rotatable bonds is 7. The molecule has 0 heterocycles. The Morgan fingerprint density at radius 3 is 2.29 bits per heavy atom. The van der Waals surface area contributed by atoms with E-state index in [4.69, 9.17) is 9.84 Å². The molecule has 0 aliphatic rings. The summed E-state index contributed by atoms with van der Waals surface area (Å²) in [5, 5.41) is 12.0. The van der Waals surface area contributed by atoms with Gasteiger partial charge in [0, 0.05) is 6.42 Å². The Kier molecular flexibility index (Phi) is 5.76. The number of hydrogen-bond donors (Lipinski definition) is 2. The molecule has 1 aromatic carbocycles. The van der Waals surface area contributed by atoms with Crippen LogP contribution in [-0.4, -0.2) is 24.1 Å². The first-order valence-corrected chi connectivity index (χ1v) is 6.97. The van der Waals surface area contributed by atoms with Crippen molar-refractivity contribution in [1.29, 1.82) is 0 Å². The number of nitrogens with one attached hydrogen (secondary N) is 1. The summed E-state index contributed by atoms with van der Waals surface area (Å²) in [5.74, 6) is -0.479. The summed E-state index contributed by atoms with van der Waals surface area (Å²) < 4.78 is 5.10. The lowest BCUT2D eigenvalue weighted by molar-refractivity contribution is -0.149. The lowest BCUT2D eigenvalue weighted by Gasteiger charge is -2.22. The minimum Gasteiger partial charge on any atom is -0.497 e. The second-order valence-corrected chi connectivity index (χ2v) is 5.67. The van der Waals surface area contributed by atoms with Crippen molar-refractivity contribution in [2.24, 2.45) is 5.41 Å². The van der Waals surface area contributed by atoms with Crippen LogP contribution < -0.4 is 10.1 Å². The van der Waals surface area contributed by atoms with Gasteiger partial charge in [-0.1, -0.05) is 19.1 Å². The zero-order valence-electron chi connectivity index (χ0n) is 13.0. The Morgan fingerprint density at radius 2 is 1.86 bits per heavy atom. The van der Waals surface area contributed by atoms with Crippen LogP contribution in [0.2, 0.25) is 0 Å². The Hall–Kier alpha value is -2.04. The van der Waals surface area contributed by atoms with Crippen LogP contribution >= 0.6 is 0 Å². The summed E-state index contributed by atoms with van der Waals surface area (Å²) in [6.07, 6.45) is 0.681. The molecule has 0 fully saturated rings. The lowest BCUT2D eigenvalue weighted by Crippen LogP contribution is -2.35. The van der Waals surface area contributed by atoms with E-state index in [1.54, 1.807) is 21.0 Å². The van der Waals surface area contributed by atoms with Crippen molar-refractivity contribution in [3.63, 3.8) is 0 Å². The molecular formula is C16H23NO4. The number of carbonyl (C=O) groups excluding carboxylic acids is 1. The van der Waals surface area contributed by atoms with Gasteiger partial charge in [0.05, 0.1) is 18.6 Å². The molecule has 1 aromatic rings. The summed E-state index contributed by atoms with van der Waals surface area (Å²) in [4.78, 5) is 23.1. The molecule has 1 rings (SSSR count). The molecule has 21 heavy (non-hydrogen) atoms. The molecule has 0 aliphatic heterocycles. The molecule has 0 bridgehead atoms. The molecule has 0 saturated carbocycles. The number of carbonyl (C=O) groups is 2. The number of amides is 1. The van der Waals surface area contributed by atoms with Crippen LogP contribution in [0.5, 0.6) is 5.75 Å². The minimum absolute atomic E-state index is 0.0466. The van der Waals surface area contributed by atoms with Crippen molar-refractivity contribution in [1.82, 2.24) is 5.32 Å². The fraction of sp³-hybridized carbons (Fsp3) is 0.500. The predicted octanol–water partition coefficient (Wildman–Crippen LogP) is 2.76. The first-order valence-electron chi connectivity index (χ1n) is 6.97. The first kappa shape index (κ1) is 17.0. The van der Waals surface area contributed by atoms with Gasteiger partial charge in [-0.05, 0) is 38.0 Å². The Balaban J connectivity index is 2.73. The van der Waals surface area contributed by atoms with Crippen molar-refractivity contribution in [2.75, 3.05) is 7.11 Å². The monoisotopic (exact) mass is 293 g/mol. The average molecular weight is 293 g/mol. The molecule has 0 aromatic heterocycles. The smallest absolute Gasteiger partial charge is 0.309 e. The van der Waals surface area contributed by atoms with Gasteiger partial charge in [-0.3, -0.25) is 9.59 Å². The van der Waals surface area contributed by atoms with Gasteiger partial charge >= 0.3 is 5.97 Å². The SMILES string of the molecule is CCC(NC(=O)CC(C)(C)C(=O)O)c1ccc(OC)cc1. The molecular weight excluding hydrogens is 270 g/mol. The molecule has 0 saturated heterocycles. The summed E-state index contributed by atoms with van der Waals surface area (Å²) in [6, 6.07) is 7.34. The molecule has 5 nitrogen and oxygen atoms in total. The highest BCUT2D eigenvalue weighted by Gasteiger charge is 2.30. The maximum Gasteiger partial charge on any atom is 0.309 e. The molecule has 1 atom stereocenters. The van der Waals surface area contributed by atoms with Crippen molar-refractivity contribution >= 4 is 11.9 Å². The Labute approximate surface area is 125 Å². The largest absolute Gasteiger partial charge is 0.497 e. The maximum atomic E-state index is 12.0. The number of benzene rings is 1. The first-order chi connectivity index (χ1) is 9.80. The van der Waals surface area contributed by atoms with Gasteiger partial charge in [-0.2, -0.15) is 0 Å². The van der Waals surface area contributed by atoms with E-state index in [-0.39, 0.29) is 18.4 Å². The molecule has 2 N–H and O–H groups in total. The second kappa shape index (κ2) is 7.11. The highest BCUT2D eigenvalue weighted by atomic mass is 16.5. The topological polar surface area (TPSA) is 75.6 Å². The number of hydrogen-bond acceptors (Lipinski definition) is 3. The van der Waals surface area contributed by atoms with Crippen LogP contribution in [0.25, 0.3) is 0 Å². The van der Waals surface area contributed by atoms with Gasteiger partial charge in [-0.25, -0.2) is 0 Å². The van der Waals surface area contributed by atoms with Crippen molar-refractivity contribution in [3.05, 3.63) is 29.8 Å². The van der Waals surface area contributed by atoms with Crippen LogP contribution in [0.1, 0.15) is 45.2 Å². The fourth-order valence-electron chi connectivity index (χ4n) is 1.98. The van der Waals surface area contributed by atoms with Crippen molar-refractivity contribution in [2.45, 2.75) is 39.7 Å². The van der Waals surface area contributed by atoms with Crippen LogP contribution in [0, 0.1) is 5.41 Å². The van der Waals surface area contributed by atoms with Crippen LogP contribution in [0.15, 0.2) is 24.3 Å². The van der Waals surface area contributed by atoms with E-state index in [0.717, 1.165) is 17.7 Å². The number of ether oxygens (including phenoxy) is 1. The normalized spacial score (nSPS) is 12.6. The van der Waals surface area contributed by atoms with E-state index in [2.05, 4.69) is 5.32 Å². The third kappa shape index (κ3) is 4.77. The second-order valence-electron chi connectivity index (χ2n) is 5.67. The van der Waals surface area contributed by atoms with E-state index >= 15 is 0 Å². The van der Waals surface area contributed by atoms with Gasteiger partial charge in [0.25, 0.3) is 0 Å². The highest BCUT2D eigenvalue weighted by molar-refractivity contribution is 5.84. The van der Waals surface area contributed by atoms with Crippen molar-refractivity contribution < 1.29 is 19.4 Å². The number of aliphatic carboxylic acids is 1. The van der Waals surface area contributed by atoms with E-state index in [1.165, 1.54) is 0 Å².